The van der Waals surface area contributed by atoms with Gasteiger partial charge in [-0.05, 0) is 48.5 Å². The zero-order chi connectivity index (χ0) is 18.6. The molecule has 0 bridgehead atoms. The van der Waals surface area contributed by atoms with Gasteiger partial charge in [0.25, 0.3) is 5.62 Å². The van der Waals surface area contributed by atoms with Crippen molar-refractivity contribution in [3.8, 4) is 11.4 Å². The topological polar surface area (TPSA) is 51.4 Å². The standard InChI is InChI=1S/C21H20N6/c1-25(2)18-15-13-17(14-16-18)22-21-23-27(20-11-7-4-8-12-20)24-26(21)19-9-5-3-6-10-19/h3-16H,1-2H3. The number of aromatic nitrogens is 4. The van der Waals surface area contributed by atoms with E-state index in [0.717, 1.165) is 22.7 Å². The number of anilines is 1. The zero-order valence-corrected chi connectivity index (χ0v) is 15.3. The van der Waals surface area contributed by atoms with Crippen LogP contribution in [0, 0.1) is 0 Å². The highest BCUT2D eigenvalue weighted by atomic mass is 15.6. The van der Waals surface area contributed by atoms with E-state index in [1.165, 1.54) is 0 Å². The average molecular weight is 356 g/mol. The van der Waals surface area contributed by atoms with Crippen molar-refractivity contribution in [3.05, 3.63) is 90.5 Å². The highest BCUT2D eigenvalue weighted by molar-refractivity contribution is 5.51. The zero-order valence-electron chi connectivity index (χ0n) is 15.3. The first-order valence-corrected chi connectivity index (χ1v) is 8.70. The van der Waals surface area contributed by atoms with Crippen LogP contribution in [-0.2, 0) is 0 Å². The molecule has 0 aliphatic carbocycles. The summed E-state index contributed by atoms with van der Waals surface area (Å²) in [5, 5.41) is 9.21. The molecule has 1 aromatic heterocycles. The molecule has 27 heavy (non-hydrogen) atoms. The first-order valence-electron chi connectivity index (χ1n) is 8.70. The van der Waals surface area contributed by atoms with E-state index in [-0.39, 0.29) is 0 Å². The number of nitrogens with zero attached hydrogens (tertiary/aromatic N) is 6. The summed E-state index contributed by atoms with van der Waals surface area (Å²) in [4.78, 5) is 8.37. The van der Waals surface area contributed by atoms with Gasteiger partial charge < -0.3 is 4.90 Å². The number of hydrogen-bond donors (Lipinski definition) is 0. The molecule has 0 radical (unpaired) electrons. The Bertz CT molecular complexity index is 1080. The summed E-state index contributed by atoms with van der Waals surface area (Å²) < 4.78 is 1.74. The van der Waals surface area contributed by atoms with Crippen molar-refractivity contribution in [2.75, 3.05) is 19.0 Å². The Kier molecular flexibility index (Phi) is 4.53. The van der Waals surface area contributed by atoms with Crippen LogP contribution in [0.1, 0.15) is 0 Å². The molecular weight excluding hydrogens is 336 g/mol. The molecule has 134 valence electrons. The Labute approximate surface area is 157 Å². The van der Waals surface area contributed by atoms with Crippen LogP contribution in [0.4, 0.5) is 11.4 Å². The third-order valence-electron chi connectivity index (χ3n) is 4.13. The van der Waals surface area contributed by atoms with Crippen LogP contribution in [0.3, 0.4) is 0 Å². The molecular formula is C21H20N6. The SMILES string of the molecule is CN(C)c1ccc(N=c2[n-][n+](-c3ccccc3)nn2-c2ccccc2)cc1. The molecule has 0 unspecified atom stereocenters. The lowest BCUT2D eigenvalue weighted by Gasteiger charge is -2.11. The monoisotopic (exact) mass is 356 g/mol. The lowest BCUT2D eigenvalue weighted by molar-refractivity contribution is -0.723. The van der Waals surface area contributed by atoms with Gasteiger partial charge in [0.05, 0.1) is 0 Å². The summed E-state index contributed by atoms with van der Waals surface area (Å²) in [5.74, 6) is 0. The molecule has 0 spiro atoms. The maximum Gasteiger partial charge on any atom is 0.266 e. The summed E-state index contributed by atoms with van der Waals surface area (Å²) in [6.45, 7) is 0. The average Bonchev–Trinajstić information content (AvgIpc) is 3.13. The van der Waals surface area contributed by atoms with E-state index in [9.17, 15) is 0 Å². The van der Waals surface area contributed by atoms with E-state index in [0.29, 0.717) is 5.62 Å². The van der Waals surface area contributed by atoms with E-state index in [1.54, 1.807) is 9.48 Å². The second kappa shape index (κ2) is 7.29. The minimum Gasteiger partial charge on any atom is -0.378 e. The van der Waals surface area contributed by atoms with Gasteiger partial charge in [-0.1, -0.05) is 41.2 Å². The van der Waals surface area contributed by atoms with Gasteiger partial charge in [0.2, 0.25) is 0 Å². The maximum absolute atomic E-state index is 4.71. The van der Waals surface area contributed by atoms with E-state index in [1.807, 2.05) is 99.0 Å². The van der Waals surface area contributed by atoms with E-state index in [2.05, 4.69) is 15.2 Å². The summed E-state index contributed by atoms with van der Waals surface area (Å²) in [7, 11) is 4.03. The molecule has 1 heterocycles. The second-order valence-electron chi connectivity index (χ2n) is 6.28. The van der Waals surface area contributed by atoms with Gasteiger partial charge in [0, 0.05) is 30.7 Å². The Morgan fingerprint density at radius 2 is 1.48 bits per heavy atom. The predicted octanol–water partition coefficient (Wildman–Crippen LogP) is 2.40. The van der Waals surface area contributed by atoms with E-state index >= 15 is 0 Å². The fourth-order valence-corrected chi connectivity index (χ4v) is 2.69. The van der Waals surface area contributed by atoms with Crippen molar-refractivity contribution in [2.45, 2.75) is 0 Å². The smallest absolute Gasteiger partial charge is 0.266 e. The van der Waals surface area contributed by atoms with Gasteiger partial charge in [0.15, 0.2) is 5.69 Å². The second-order valence-corrected chi connectivity index (χ2v) is 6.28. The summed E-state index contributed by atoms with van der Waals surface area (Å²) in [6.07, 6.45) is 0. The first-order chi connectivity index (χ1) is 13.2. The third-order valence-corrected chi connectivity index (χ3v) is 4.13. The van der Waals surface area contributed by atoms with Crippen molar-refractivity contribution in [3.63, 3.8) is 0 Å². The highest BCUT2D eigenvalue weighted by Crippen LogP contribution is 2.17. The molecule has 6 nitrogen and oxygen atoms in total. The predicted molar refractivity (Wildman–Crippen MR) is 104 cm³/mol. The van der Waals surface area contributed by atoms with Gasteiger partial charge in [-0.15, -0.1) is 9.78 Å². The summed E-state index contributed by atoms with van der Waals surface area (Å²) in [6, 6.07) is 27.7. The normalized spacial score (nSPS) is 11.6. The molecule has 0 aliphatic rings. The molecule has 0 saturated carbocycles. The molecule has 4 aromatic rings. The van der Waals surface area contributed by atoms with Gasteiger partial charge in [-0.2, -0.15) is 0 Å². The van der Waals surface area contributed by atoms with Crippen molar-refractivity contribution >= 4 is 11.4 Å². The third kappa shape index (κ3) is 3.64. The maximum atomic E-state index is 4.71. The minimum absolute atomic E-state index is 0.516. The van der Waals surface area contributed by atoms with Gasteiger partial charge in [-0.3, -0.25) is 4.99 Å². The van der Waals surface area contributed by atoms with Crippen molar-refractivity contribution in [1.29, 1.82) is 0 Å². The molecule has 3 aromatic carbocycles. The van der Waals surface area contributed by atoms with Crippen LogP contribution in [0.15, 0.2) is 89.9 Å². The Hall–Kier alpha value is -3.67. The molecule has 0 N–H and O–H groups in total. The number of benzene rings is 3. The lowest BCUT2D eigenvalue weighted by atomic mass is 10.3. The van der Waals surface area contributed by atoms with Gasteiger partial charge in [0.1, 0.15) is 5.69 Å². The number of rotatable bonds is 4. The van der Waals surface area contributed by atoms with E-state index < -0.39 is 0 Å². The first kappa shape index (κ1) is 16.8. The van der Waals surface area contributed by atoms with Gasteiger partial charge in [-0.25, -0.2) is 0 Å². The van der Waals surface area contributed by atoms with Crippen LogP contribution in [-0.4, -0.2) is 24.0 Å². The van der Waals surface area contributed by atoms with Crippen molar-refractivity contribution in [1.82, 2.24) is 15.0 Å². The van der Waals surface area contributed by atoms with Crippen molar-refractivity contribution < 1.29 is 4.80 Å². The molecule has 6 heteroatoms. The molecule has 0 atom stereocenters. The fourth-order valence-electron chi connectivity index (χ4n) is 2.69. The largest absolute Gasteiger partial charge is 0.378 e. The molecule has 4 rings (SSSR count). The van der Waals surface area contributed by atoms with Crippen LogP contribution in [0.5, 0.6) is 0 Å². The Morgan fingerprint density at radius 1 is 0.852 bits per heavy atom. The number of hydrogen-bond acceptors (Lipinski definition) is 3. The number of tetrazole rings is 1. The Morgan fingerprint density at radius 3 is 2.11 bits per heavy atom. The van der Waals surface area contributed by atoms with Gasteiger partial charge >= 0.3 is 0 Å². The number of para-hydroxylation sites is 2. The summed E-state index contributed by atoms with van der Waals surface area (Å²) in [5.41, 5.74) is 4.25. The highest BCUT2D eigenvalue weighted by Gasteiger charge is 2.10. The van der Waals surface area contributed by atoms with E-state index in [4.69, 9.17) is 4.99 Å². The Balaban J connectivity index is 1.84. The minimum atomic E-state index is 0.516. The summed E-state index contributed by atoms with van der Waals surface area (Å²) >= 11 is 0. The van der Waals surface area contributed by atoms with Crippen LogP contribution >= 0.6 is 0 Å². The fraction of sp³-hybridized carbons (Fsp3) is 0.0952. The van der Waals surface area contributed by atoms with Crippen LogP contribution in [0.25, 0.3) is 11.4 Å². The van der Waals surface area contributed by atoms with Crippen LogP contribution in [0.2, 0.25) is 0 Å². The molecule has 0 saturated heterocycles. The van der Waals surface area contributed by atoms with Crippen LogP contribution < -0.4 is 20.4 Å². The molecule has 0 amide bonds. The molecule has 0 fully saturated rings. The molecule has 0 aliphatic heterocycles. The lowest BCUT2D eigenvalue weighted by Crippen LogP contribution is -2.40. The van der Waals surface area contributed by atoms with Crippen molar-refractivity contribution in [2.24, 2.45) is 4.99 Å². The quantitative estimate of drug-likeness (QED) is 0.528.